The Morgan fingerprint density at radius 3 is 2.35 bits per heavy atom. The Morgan fingerprint density at radius 2 is 1.75 bits per heavy atom. The van der Waals surface area contributed by atoms with E-state index in [-0.39, 0.29) is 5.91 Å². The van der Waals surface area contributed by atoms with Gasteiger partial charge < -0.3 is 10.4 Å². The lowest BCUT2D eigenvalue weighted by Crippen LogP contribution is -2.39. The minimum absolute atomic E-state index is 0.160. The van der Waals surface area contributed by atoms with Gasteiger partial charge in [0, 0.05) is 11.6 Å². The Hall–Kier alpha value is -1.55. The molecule has 2 N–H and O–H groups in total. The molecule has 20 heavy (non-hydrogen) atoms. The van der Waals surface area contributed by atoms with Gasteiger partial charge in [-0.05, 0) is 30.5 Å². The molecule has 1 fully saturated rings. The van der Waals surface area contributed by atoms with Gasteiger partial charge in [-0.3, -0.25) is 9.59 Å². The highest BCUT2D eigenvalue weighted by Gasteiger charge is 2.35. The van der Waals surface area contributed by atoms with Crippen molar-refractivity contribution in [1.82, 2.24) is 5.32 Å². The smallest absolute Gasteiger partial charge is 0.307 e. The van der Waals surface area contributed by atoms with E-state index < -0.39 is 17.8 Å². The monoisotopic (exact) mass is 295 g/mol. The summed E-state index contributed by atoms with van der Waals surface area (Å²) in [5.74, 6) is -1.98. The molecule has 0 spiro atoms. The van der Waals surface area contributed by atoms with Crippen LogP contribution in [-0.4, -0.2) is 17.0 Å². The number of aliphatic carboxylic acids is 1. The minimum Gasteiger partial charge on any atom is -0.481 e. The molecule has 1 saturated carbocycles. The van der Waals surface area contributed by atoms with Gasteiger partial charge in [0.2, 0.25) is 5.91 Å². The first-order valence-corrected chi connectivity index (χ1v) is 7.20. The third-order valence-corrected chi connectivity index (χ3v) is 4.05. The van der Waals surface area contributed by atoms with Gasteiger partial charge in [0.15, 0.2) is 0 Å². The molecule has 0 radical (unpaired) electrons. The van der Waals surface area contributed by atoms with Crippen molar-refractivity contribution in [2.24, 2.45) is 11.8 Å². The van der Waals surface area contributed by atoms with Gasteiger partial charge in [0.05, 0.1) is 11.8 Å². The number of carbonyl (C=O) groups excluding carboxylic acids is 1. The first kappa shape index (κ1) is 14.9. The van der Waals surface area contributed by atoms with E-state index in [1.165, 1.54) is 0 Å². The van der Waals surface area contributed by atoms with E-state index in [4.69, 9.17) is 11.6 Å². The molecule has 0 aromatic heterocycles. The number of amides is 1. The fourth-order valence-corrected chi connectivity index (χ4v) is 2.79. The van der Waals surface area contributed by atoms with Crippen LogP contribution in [-0.2, 0) is 16.1 Å². The molecule has 1 aliphatic rings. The van der Waals surface area contributed by atoms with Gasteiger partial charge in [-0.25, -0.2) is 0 Å². The van der Waals surface area contributed by atoms with Gasteiger partial charge in [-0.2, -0.15) is 0 Å². The lowest BCUT2D eigenvalue weighted by Gasteiger charge is -2.27. The van der Waals surface area contributed by atoms with Crippen molar-refractivity contribution in [3.63, 3.8) is 0 Å². The third kappa shape index (κ3) is 3.73. The summed E-state index contributed by atoms with van der Waals surface area (Å²) < 4.78 is 0. The van der Waals surface area contributed by atoms with Crippen LogP contribution in [0.25, 0.3) is 0 Å². The molecule has 0 heterocycles. The normalized spacial score (nSPS) is 22.2. The Morgan fingerprint density at radius 1 is 1.15 bits per heavy atom. The molecule has 0 saturated heterocycles. The maximum absolute atomic E-state index is 12.2. The van der Waals surface area contributed by atoms with Crippen LogP contribution in [0.3, 0.4) is 0 Å². The summed E-state index contributed by atoms with van der Waals surface area (Å²) >= 11 is 5.80. The maximum atomic E-state index is 12.2. The summed E-state index contributed by atoms with van der Waals surface area (Å²) in [7, 11) is 0. The largest absolute Gasteiger partial charge is 0.481 e. The molecule has 2 atom stereocenters. The molecule has 1 aromatic rings. The Kier molecular flexibility index (Phi) is 5.01. The van der Waals surface area contributed by atoms with Crippen molar-refractivity contribution < 1.29 is 14.7 Å². The van der Waals surface area contributed by atoms with Crippen LogP contribution < -0.4 is 5.32 Å². The number of carboxylic acids is 1. The highest BCUT2D eigenvalue weighted by atomic mass is 35.5. The number of hydrogen-bond donors (Lipinski definition) is 2. The van der Waals surface area contributed by atoms with Crippen LogP contribution in [0.1, 0.15) is 31.2 Å². The zero-order valence-corrected chi connectivity index (χ0v) is 11.9. The first-order valence-electron chi connectivity index (χ1n) is 6.83. The predicted octanol–water partition coefficient (Wildman–Crippen LogP) is 2.85. The molecule has 2 rings (SSSR count). The topological polar surface area (TPSA) is 66.4 Å². The average molecular weight is 296 g/mol. The van der Waals surface area contributed by atoms with E-state index in [9.17, 15) is 14.7 Å². The summed E-state index contributed by atoms with van der Waals surface area (Å²) in [6.45, 7) is 0.402. The van der Waals surface area contributed by atoms with Crippen LogP contribution in [0, 0.1) is 11.8 Å². The second-order valence-electron chi connectivity index (χ2n) is 5.18. The molecule has 1 aliphatic carbocycles. The number of rotatable bonds is 4. The predicted molar refractivity (Wildman–Crippen MR) is 76.4 cm³/mol. The van der Waals surface area contributed by atoms with Crippen LogP contribution >= 0.6 is 11.6 Å². The van der Waals surface area contributed by atoms with Crippen molar-refractivity contribution in [3.05, 3.63) is 34.9 Å². The van der Waals surface area contributed by atoms with Crippen molar-refractivity contribution in [3.8, 4) is 0 Å². The molecule has 0 aliphatic heterocycles. The first-order chi connectivity index (χ1) is 9.58. The number of carboxylic acid groups (broad SMARTS) is 1. The van der Waals surface area contributed by atoms with Gasteiger partial charge in [0.1, 0.15) is 0 Å². The van der Waals surface area contributed by atoms with E-state index >= 15 is 0 Å². The molecule has 108 valence electrons. The van der Waals surface area contributed by atoms with Gasteiger partial charge >= 0.3 is 5.97 Å². The SMILES string of the molecule is O=C(NCc1ccc(Cl)cc1)[C@H]1CCCC[C@H]1C(=O)O. The molecule has 5 heteroatoms. The van der Waals surface area contributed by atoms with Gasteiger partial charge in [0.25, 0.3) is 0 Å². The maximum Gasteiger partial charge on any atom is 0.307 e. The second-order valence-corrected chi connectivity index (χ2v) is 5.62. The summed E-state index contributed by atoms with van der Waals surface area (Å²) in [5, 5.41) is 12.7. The number of benzene rings is 1. The Bertz CT molecular complexity index is 486. The molecule has 0 bridgehead atoms. The van der Waals surface area contributed by atoms with Crippen LogP contribution in [0.15, 0.2) is 24.3 Å². The van der Waals surface area contributed by atoms with Crippen molar-refractivity contribution in [2.45, 2.75) is 32.2 Å². The summed E-state index contributed by atoms with van der Waals surface area (Å²) in [6, 6.07) is 7.23. The fraction of sp³-hybridized carbons (Fsp3) is 0.467. The van der Waals surface area contributed by atoms with Gasteiger partial charge in [-0.1, -0.05) is 36.6 Å². The second kappa shape index (κ2) is 6.75. The van der Waals surface area contributed by atoms with Crippen molar-refractivity contribution in [1.29, 1.82) is 0 Å². The van der Waals surface area contributed by atoms with Crippen LogP contribution in [0.2, 0.25) is 5.02 Å². The number of carbonyl (C=O) groups is 2. The Labute approximate surface area is 123 Å². The average Bonchev–Trinajstić information content (AvgIpc) is 2.46. The van der Waals surface area contributed by atoms with E-state index in [2.05, 4.69) is 5.32 Å². The minimum atomic E-state index is -0.864. The number of halogens is 1. The van der Waals surface area contributed by atoms with Crippen molar-refractivity contribution in [2.75, 3.05) is 0 Å². The highest BCUT2D eigenvalue weighted by Crippen LogP contribution is 2.30. The summed E-state index contributed by atoms with van der Waals surface area (Å²) in [6.07, 6.45) is 3.05. The summed E-state index contributed by atoms with van der Waals surface area (Å²) in [5.41, 5.74) is 0.949. The zero-order chi connectivity index (χ0) is 14.5. The molecule has 4 nitrogen and oxygen atoms in total. The lowest BCUT2D eigenvalue weighted by molar-refractivity contribution is -0.148. The van der Waals surface area contributed by atoms with E-state index in [1.54, 1.807) is 12.1 Å². The summed E-state index contributed by atoms with van der Waals surface area (Å²) in [4.78, 5) is 23.3. The standard InChI is InChI=1S/C15H18ClNO3/c16-11-7-5-10(6-8-11)9-17-14(18)12-3-1-2-4-13(12)15(19)20/h5-8,12-13H,1-4,9H2,(H,17,18)(H,19,20)/t12-,13+/m0/s1. The molecule has 0 unspecified atom stereocenters. The van der Waals surface area contributed by atoms with Gasteiger partial charge in [-0.15, -0.1) is 0 Å². The van der Waals surface area contributed by atoms with E-state index in [1.807, 2.05) is 12.1 Å². The molecule has 1 aromatic carbocycles. The lowest BCUT2D eigenvalue weighted by atomic mass is 9.78. The van der Waals surface area contributed by atoms with Crippen LogP contribution in [0.4, 0.5) is 0 Å². The van der Waals surface area contributed by atoms with Crippen molar-refractivity contribution >= 4 is 23.5 Å². The van der Waals surface area contributed by atoms with E-state index in [0.29, 0.717) is 24.4 Å². The van der Waals surface area contributed by atoms with Crippen LogP contribution in [0.5, 0.6) is 0 Å². The molecular formula is C15H18ClNO3. The Balaban J connectivity index is 1.93. The number of nitrogens with one attached hydrogen (secondary N) is 1. The number of hydrogen-bond acceptors (Lipinski definition) is 2. The quantitative estimate of drug-likeness (QED) is 0.897. The highest BCUT2D eigenvalue weighted by molar-refractivity contribution is 6.30. The third-order valence-electron chi connectivity index (χ3n) is 3.80. The fourth-order valence-electron chi connectivity index (χ4n) is 2.66. The molecule has 1 amide bonds. The zero-order valence-electron chi connectivity index (χ0n) is 11.1. The molecular weight excluding hydrogens is 278 g/mol. The van der Waals surface area contributed by atoms with E-state index in [0.717, 1.165) is 18.4 Å².